The Bertz CT molecular complexity index is 1220. The van der Waals surface area contributed by atoms with Crippen LogP contribution in [0.2, 0.25) is 0 Å². The maximum atomic E-state index is 15.2. The summed E-state index contributed by atoms with van der Waals surface area (Å²) in [6, 6.07) is 13.8. The van der Waals surface area contributed by atoms with Crippen molar-refractivity contribution in [2.75, 3.05) is 31.2 Å². The topological polar surface area (TPSA) is 50.6 Å². The lowest BCUT2D eigenvalue weighted by Gasteiger charge is -2.40. The van der Waals surface area contributed by atoms with Crippen molar-refractivity contribution in [2.45, 2.75) is 37.3 Å². The lowest BCUT2D eigenvalue weighted by atomic mass is 9.73. The molecular formula is C27H29FN4O2. The number of aromatic nitrogens is 2. The zero-order valence-electron chi connectivity index (χ0n) is 19.4. The van der Waals surface area contributed by atoms with Gasteiger partial charge in [0.15, 0.2) is 0 Å². The fourth-order valence-electron chi connectivity index (χ4n) is 5.91. The predicted molar refractivity (Wildman–Crippen MR) is 128 cm³/mol. The summed E-state index contributed by atoms with van der Waals surface area (Å²) in [7, 11) is 1.84. The summed E-state index contributed by atoms with van der Waals surface area (Å²) in [6.45, 7) is 3.62. The van der Waals surface area contributed by atoms with Gasteiger partial charge in [0.2, 0.25) is 5.91 Å². The van der Waals surface area contributed by atoms with Crippen molar-refractivity contribution >= 4 is 11.6 Å². The third-order valence-corrected chi connectivity index (χ3v) is 7.86. The highest BCUT2D eigenvalue weighted by Crippen LogP contribution is 2.48. The highest BCUT2D eigenvalue weighted by molar-refractivity contribution is 6.08. The van der Waals surface area contributed by atoms with Gasteiger partial charge in [-0.05, 0) is 55.6 Å². The van der Waals surface area contributed by atoms with Gasteiger partial charge in [-0.3, -0.25) is 14.4 Å². The number of amides is 1. The number of piperidine rings is 1. The summed E-state index contributed by atoms with van der Waals surface area (Å²) in [6.07, 6.45) is 6.24. The zero-order chi connectivity index (χ0) is 23.3. The maximum Gasteiger partial charge on any atom is 0.238 e. The molecule has 7 heteroatoms. The van der Waals surface area contributed by atoms with E-state index in [2.05, 4.69) is 16.1 Å². The van der Waals surface area contributed by atoms with Gasteiger partial charge in [0.1, 0.15) is 5.82 Å². The Morgan fingerprint density at radius 1 is 1.15 bits per heavy atom. The molecule has 4 heterocycles. The zero-order valence-corrected chi connectivity index (χ0v) is 19.4. The second-order valence-corrected chi connectivity index (χ2v) is 9.75. The summed E-state index contributed by atoms with van der Waals surface area (Å²) >= 11 is 0. The molecule has 6 rings (SSSR count). The third kappa shape index (κ3) is 3.46. The van der Waals surface area contributed by atoms with Crippen LogP contribution in [0.3, 0.4) is 0 Å². The Kier molecular flexibility index (Phi) is 5.26. The highest BCUT2D eigenvalue weighted by Gasteiger charge is 2.52. The second kappa shape index (κ2) is 8.32. The molecule has 0 bridgehead atoms. The van der Waals surface area contributed by atoms with Crippen LogP contribution < -0.4 is 4.90 Å². The van der Waals surface area contributed by atoms with E-state index in [1.54, 1.807) is 21.8 Å². The number of hydrogen-bond donors (Lipinski definition) is 0. The first-order valence-corrected chi connectivity index (χ1v) is 12.1. The maximum absolute atomic E-state index is 15.2. The lowest BCUT2D eigenvalue weighted by Crippen LogP contribution is -2.51. The van der Waals surface area contributed by atoms with Crippen LogP contribution in [0.5, 0.6) is 0 Å². The molecule has 1 amide bonds. The van der Waals surface area contributed by atoms with E-state index in [0.29, 0.717) is 11.6 Å². The van der Waals surface area contributed by atoms with Crippen LogP contribution >= 0.6 is 0 Å². The molecule has 1 spiro atoms. The third-order valence-electron chi connectivity index (χ3n) is 7.86. The molecule has 0 N–H and O–H groups in total. The van der Waals surface area contributed by atoms with Crippen LogP contribution in [-0.2, 0) is 28.5 Å². The minimum Gasteiger partial charge on any atom is -0.380 e. The number of halogens is 1. The summed E-state index contributed by atoms with van der Waals surface area (Å²) in [5.74, 6) is -0.199. The van der Waals surface area contributed by atoms with Crippen LogP contribution in [0.4, 0.5) is 10.1 Å². The number of para-hydroxylation sites is 1. The van der Waals surface area contributed by atoms with E-state index in [0.717, 1.165) is 67.9 Å². The van der Waals surface area contributed by atoms with Gasteiger partial charge in [-0.15, -0.1) is 0 Å². The van der Waals surface area contributed by atoms with Gasteiger partial charge in [0.05, 0.1) is 24.8 Å². The number of aryl methyl sites for hydroxylation is 1. The number of benzene rings is 2. The smallest absolute Gasteiger partial charge is 0.238 e. The van der Waals surface area contributed by atoms with Gasteiger partial charge in [0, 0.05) is 42.7 Å². The molecule has 0 saturated carbocycles. The largest absolute Gasteiger partial charge is 0.380 e. The number of ether oxygens (including phenoxy) is 1. The molecule has 3 aliphatic rings. The standard InChI is InChI=1S/C27H29FN4O2/c1-30-16-21(15-29-30)19-6-7-20(24(28)14-19)17-32-25-5-3-2-4-23(25)27(26(32)33)9-11-31(12-10-27)22-8-13-34-18-22/h2-7,14-16,22H,8-13,17-18H2,1H3. The molecule has 2 fully saturated rings. The molecule has 3 aliphatic heterocycles. The van der Waals surface area contributed by atoms with Crippen molar-refractivity contribution in [3.8, 4) is 11.1 Å². The van der Waals surface area contributed by atoms with Crippen LogP contribution in [-0.4, -0.2) is 52.9 Å². The number of carbonyl (C=O) groups excluding carboxylic acids is 1. The van der Waals surface area contributed by atoms with E-state index in [-0.39, 0.29) is 18.3 Å². The van der Waals surface area contributed by atoms with Crippen LogP contribution in [0.25, 0.3) is 11.1 Å². The number of fused-ring (bicyclic) bond motifs is 2. The number of carbonyl (C=O) groups is 1. The minimum atomic E-state index is -0.515. The van der Waals surface area contributed by atoms with E-state index in [1.807, 2.05) is 37.5 Å². The summed E-state index contributed by atoms with van der Waals surface area (Å²) in [5.41, 5.74) is 3.67. The van der Waals surface area contributed by atoms with Crippen molar-refractivity contribution in [2.24, 2.45) is 7.05 Å². The van der Waals surface area contributed by atoms with E-state index >= 15 is 4.39 Å². The average Bonchev–Trinajstić information content (AvgIpc) is 3.59. The van der Waals surface area contributed by atoms with E-state index in [9.17, 15) is 4.79 Å². The van der Waals surface area contributed by atoms with Crippen molar-refractivity contribution in [1.29, 1.82) is 0 Å². The Hall–Kier alpha value is -3.03. The Balaban J connectivity index is 1.26. The minimum absolute atomic E-state index is 0.103. The van der Waals surface area contributed by atoms with Crippen molar-refractivity contribution in [1.82, 2.24) is 14.7 Å². The lowest BCUT2D eigenvalue weighted by molar-refractivity contribution is -0.125. The second-order valence-electron chi connectivity index (χ2n) is 9.75. The fourth-order valence-corrected chi connectivity index (χ4v) is 5.91. The molecule has 1 unspecified atom stereocenters. The molecule has 0 radical (unpaired) electrons. The van der Waals surface area contributed by atoms with Gasteiger partial charge in [-0.25, -0.2) is 4.39 Å². The number of hydrogen-bond acceptors (Lipinski definition) is 4. The molecule has 2 saturated heterocycles. The molecule has 1 aromatic heterocycles. The first-order valence-electron chi connectivity index (χ1n) is 12.1. The Morgan fingerprint density at radius 2 is 1.97 bits per heavy atom. The van der Waals surface area contributed by atoms with Crippen LogP contribution in [0, 0.1) is 5.82 Å². The van der Waals surface area contributed by atoms with E-state index in [1.165, 1.54) is 6.07 Å². The number of likely N-dealkylation sites (tertiary alicyclic amines) is 1. The number of anilines is 1. The number of rotatable bonds is 4. The van der Waals surface area contributed by atoms with Crippen molar-refractivity contribution < 1.29 is 13.9 Å². The first-order chi connectivity index (χ1) is 16.5. The normalized spacial score (nSPS) is 22.0. The van der Waals surface area contributed by atoms with Gasteiger partial charge >= 0.3 is 0 Å². The summed E-state index contributed by atoms with van der Waals surface area (Å²) < 4.78 is 22.5. The van der Waals surface area contributed by atoms with Gasteiger partial charge in [0.25, 0.3) is 0 Å². The summed E-state index contributed by atoms with van der Waals surface area (Å²) in [4.78, 5) is 18.2. The van der Waals surface area contributed by atoms with Crippen molar-refractivity contribution in [3.63, 3.8) is 0 Å². The van der Waals surface area contributed by atoms with E-state index < -0.39 is 5.41 Å². The quantitative estimate of drug-likeness (QED) is 0.593. The van der Waals surface area contributed by atoms with Crippen LogP contribution in [0.1, 0.15) is 30.4 Å². The molecule has 6 nitrogen and oxygen atoms in total. The molecule has 0 aliphatic carbocycles. The molecule has 176 valence electrons. The van der Waals surface area contributed by atoms with E-state index in [4.69, 9.17) is 4.74 Å². The SMILES string of the molecule is Cn1cc(-c2ccc(CN3C(=O)C4(CCN(C5CCOC5)CC4)c4ccccc43)c(F)c2)cn1. The highest BCUT2D eigenvalue weighted by atomic mass is 19.1. The van der Waals surface area contributed by atoms with Gasteiger partial charge in [-0.1, -0.05) is 30.3 Å². The van der Waals surface area contributed by atoms with Crippen LogP contribution in [0.15, 0.2) is 54.9 Å². The monoisotopic (exact) mass is 460 g/mol. The molecule has 1 atom stereocenters. The molecular weight excluding hydrogens is 431 g/mol. The number of nitrogens with zero attached hydrogens (tertiary/aromatic N) is 4. The fraction of sp³-hybridized carbons (Fsp3) is 0.407. The average molecular weight is 461 g/mol. The van der Waals surface area contributed by atoms with Gasteiger partial charge < -0.3 is 9.64 Å². The molecule has 3 aromatic rings. The van der Waals surface area contributed by atoms with Gasteiger partial charge in [-0.2, -0.15) is 5.10 Å². The molecule has 34 heavy (non-hydrogen) atoms. The Labute approximate surface area is 198 Å². The molecule has 2 aromatic carbocycles. The predicted octanol–water partition coefficient (Wildman–Crippen LogP) is 3.90. The summed E-state index contributed by atoms with van der Waals surface area (Å²) in [5, 5.41) is 4.17. The Morgan fingerprint density at radius 3 is 2.68 bits per heavy atom. The first kappa shape index (κ1) is 21.5. The van der Waals surface area contributed by atoms with Crippen molar-refractivity contribution in [3.05, 3.63) is 71.8 Å².